The molecule has 0 aliphatic carbocycles. The van der Waals surface area contributed by atoms with Crippen LogP contribution in [0.4, 0.5) is 0 Å². The summed E-state index contributed by atoms with van der Waals surface area (Å²) in [5.41, 5.74) is 1.09. The summed E-state index contributed by atoms with van der Waals surface area (Å²) in [5.74, 6) is 1.20. The zero-order valence-corrected chi connectivity index (χ0v) is 16.8. The maximum absolute atomic E-state index is 13.6. The Kier molecular flexibility index (Phi) is 6.61. The molecule has 29 heavy (non-hydrogen) atoms. The number of Topliss-reactive ketones (excluding diaryl/α,β-unsaturated/α-hetero) is 1. The lowest BCUT2D eigenvalue weighted by Gasteiger charge is -2.44. The third kappa shape index (κ3) is 4.53. The van der Waals surface area contributed by atoms with Crippen molar-refractivity contribution in [3.05, 3.63) is 54.0 Å². The fourth-order valence-electron chi connectivity index (χ4n) is 4.18. The van der Waals surface area contributed by atoms with E-state index in [1.54, 1.807) is 25.5 Å². The van der Waals surface area contributed by atoms with E-state index in [9.17, 15) is 4.79 Å². The molecule has 0 spiro atoms. The SMILES string of the molecule is COc1ccc([C@@H]([C@H](C(=O)c2ccco2)N2CCOCC2)N2CCOCC2)cc1. The van der Waals surface area contributed by atoms with Gasteiger partial charge < -0.3 is 18.6 Å². The molecule has 0 radical (unpaired) electrons. The minimum Gasteiger partial charge on any atom is -0.497 e. The number of ether oxygens (including phenoxy) is 3. The quantitative estimate of drug-likeness (QED) is 0.661. The van der Waals surface area contributed by atoms with Gasteiger partial charge in [-0.3, -0.25) is 14.6 Å². The summed E-state index contributed by atoms with van der Waals surface area (Å²) in [4.78, 5) is 18.2. The number of hydrogen-bond donors (Lipinski definition) is 0. The summed E-state index contributed by atoms with van der Waals surface area (Å²) < 4.78 is 22.0. The molecule has 0 unspecified atom stereocenters. The normalized spacial score (nSPS) is 20.9. The largest absolute Gasteiger partial charge is 0.497 e. The van der Waals surface area contributed by atoms with E-state index in [1.165, 1.54) is 0 Å². The first-order valence-corrected chi connectivity index (χ1v) is 10.1. The van der Waals surface area contributed by atoms with E-state index in [1.807, 2.05) is 12.1 Å². The average Bonchev–Trinajstić information content (AvgIpc) is 3.33. The molecule has 3 heterocycles. The molecule has 2 aliphatic rings. The van der Waals surface area contributed by atoms with Gasteiger partial charge in [0.05, 0.1) is 51.9 Å². The van der Waals surface area contributed by atoms with Gasteiger partial charge in [-0.2, -0.15) is 0 Å². The standard InChI is InChI=1S/C22H28N2O5/c1-26-18-6-4-17(5-7-18)20(23-8-13-27-14-9-23)21(24-10-15-28-16-11-24)22(25)19-3-2-12-29-19/h2-7,12,20-21H,8-11,13-16H2,1H3/t20-,21+/m0/s1. The number of rotatable bonds is 7. The first-order chi connectivity index (χ1) is 14.3. The van der Waals surface area contributed by atoms with Gasteiger partial charge in [-0.25, -0.2) is 0 Å². The van der Waals surface area contributed by atoms with Gasteiger partial charge in [-0.05, 0) is 29.8 Å². The fourth-order valence-corrected chi connectivity index (χ4v) is 4.18. The zero-order chi connectivity index (χ0) is 20.1. The van der Waals surface area contributed by atoms with Gasteiger partial charge in [-0.15, -0.1) is 0 Å². The van der Waals surface area contributed by atoms with Gasteiger partial charge in [0.15, 0.2) is 5.76 Å². The number of nitrogens with zero attached hydrogens (tertiary/aromatic N) is 2. The topological polar surface area (TPSA) is 64.4 Å². The molecule has 2 fully saturated rings. The molecular formula is C22H28N2O5. The van der Waals surface area contributed by atoms with Crippen LogP contribution < -0.4 is 4.74 Å². The zero-order valence-electron chi connectivity index (χ0n) is 16.8. The molecule has 2 atom stereocenters. The van der Waals surface area contributed by atoms with Crippen molar-refractivity contribution in [3.8, 4) is 5.75 Å². The number of carbonyl (C=O) groups excluding carboxylic acids is 1. The first kappa shape index (κ1) is 20.1. The Hall–Kier alpha value is -2.19. The molecule has 0 amide bonds. The molecule has 1 aromatic heterocycles. The van der Waals surface area contributed by atoms with Gasteiger partial charge in [0.25, 0.3) is 0 Å². The summed E-state index contributed by atoms with van der Waals surface area (Å²) in [6.07, 6.45) is 1.56. The Labute approximate surface area is 171 Å². The van der Waals surface area contributed by atoms with Crippen LogP contribution in [-0.2, 0) is 9.47 Å². The van der Waals surface area contributed by atoms with E-state index in [2.05, 4.69) is 21.9 Å². The Bertz CT molecular complexity index is 765. The molecule has 0 bridgehead atoms. The van der Waals surface area contributed by atoms with Crippen molar-refractivity contribution < 1.29 is 23.4 Å². The Morgan fingerprint density at radius 2 is 1.55 bits per heavy atom. The Balaban J connectivity index is 1.74. The van der Waals surface area contributed by atoms with Gasteiger partial charge in [0.1, 0.15) is 5.75 Å². The number of furan rings is 1. The second-order valence-corrected chi connectivity index (χ2v) is 7.30. The molecule has 7 heteroatoms. The van der Waals surface area contributed by atoms with Crippen molar-refractivity contribution in [2.24, 2.45) is 0 Å². The van der Waals surface area contributed by atoms with Crippen LogP contribution in [-0.4, -0.2) is 81.3 Å². The number of benzene rings is 1. The van der Waals surface area contributed by atoms with Crippen LogP contribution in [0, 0.1) is 0 Å². The van der Waals surface area contributed by atoms with Crippen molar-refractivity contribution in [3.63, 3.8) is 0 Å². The molecular weight excluding hydrogens is 372 g/mol. The highest BCUT2D eigenvalue weighted by Gasteiger charge is 2.40. The molecule has 4 rings (SSSR count). The Morgan fingerprint density at radius 1 is 0.931 bits per heavy atom. The molecule has 2 saturated heterocycles. The Morgan fingerprint density at radius 3 is 2.10 bits per heavy atom. The lowest BCUT2D eigenvalue weighted by atomic mass is 9.91. The molecule has 0 saturated carbocycles. The monoisotopic (exact) mass is 400 g/mol. The predicted octanol–water partition coefficient (Wildman–Crippen LogP) is 2.25. The van der Waals surface area contributed by atoms with Crippen LogP contribution in [0.25, 0.3) is 0 Å². The molecule has 7 nitrogen and oxygen atoms in total. The van der Waals surface area contributed by atoms with Crippen LogP contribution >= 0.6 is 0 Å². The van der Waals surface area contributed by atoms with Gasteiger partial charge >= 0.3 is 0 Å². The van der Waals surface area contributed by atoms with Crippen molar-refractivity contribution in [2.75, 3.05) is 59.7 Å². The minimum absolute atomic E-state index is 0.00390. The van der Waals surface area contributed by atoms with E-state index in [-0.39, 0.29) is 17.9 Å². The maximum Gasteiger partial charge on any atom is 0.216 e. The van der Waals surface area contributed by atoms with E-state index < -0.39 is 0 Å². The second kappa shape index (κ2) is 9.54. The minimum atomic E-state index is -0.364. The lowest BCUT2D eigenvalue weighted by molar-refractivity contribution is -0.0307. The van der Waals surface area contributed by atoms with Crippen LogP contribution in [0.5, 0.6) is 5.75 Å². The van der Waals surface area contributed by atoms with Gasteiger partial charge in [-0.1, -0.05) is 12.1 Å². The van der Waals surface area contributed by atoms with E-state index in [4.69, 9.17) is 18.6 Å². The van der Waals surface area contributed by atoms with Gasteiger partial charge in [0, 0.05) is 26.2 Å². The van der Waals surface area contributed by atoms with E-state index in [0.717, 1.165) is 24.4 Å². The van der Waals surface area contributed by atoms with Gasteiger partial charge in [0.2, 0.25) is 5.78 Å². The van der Waals surface area contributed by atoms with Crippen molar-refractivity contribution in [1.82, 2.24) is 9.80 Å². The molecule has 1 aromatic carbocycles. The highest BCUT2D eigenvalue weighted by atomic mass is 16.5. The fraction of sp³-hybridized carbons (Fsp3) is 0.500. The number of morpholine rings is 2. The summed E-state index contributed by atoms with van der Waals surface area (Å²) >= 11 is 0. The van der Waals surface area contributed by atoms with Crippen LogP contribution in [0.2, 0.25) is 0 Å². The number of carbonyl (C=O) groups is 1. The van der Waals surface area contributed by atoms with E-state index in [0.29, 0.717) is 45.3 Å². The molecule has 2 aromatic rings. The first-order valence-electron chi connectivity index (χ1n) is 10.1. The maximum atomic E-state index is 13.6. The number of methoxy groups -OCH3 is 1. The average molecular weight is 400 g/mol. The highest BCUT2D eigenvalue weighted by Crippen LogP contribution is 2.32. The second-order valence-electron chi connectivity index (χ2n) is 7.30. The third-order valence-corrected chi connectivity index (χ3v) is 5.67. The number of hydrogen-bond acceptors (Lipinski definition) is 7. The predicted molar refractivity (Wildman–Crippen MR) is 107 cm³/mol. The smallest absolute Gasteiger partial charge is 0.216 e. The van der Waals surface area contributed by atoms with Crippen LogP contribution in [0.15, 0.2) is 47.1 Å². The summed E-state index contributed by atoms with van der Waals surface area (Å²) in [6, 6.07) is 11.1. The van der Waals surface area contributed by atoms with Crippen molar-refractivity contribution in [2.45, 2.75) is 12.1 Å². The third-order valence-electron chi connectivity index (χ3n) is 5.67. The van der Waals surface area contributed by atoms with Crippen molar-refractivity contribution >= 4 is 5.78 Å². The molecule has 0 N–H and O–H groups in total. The van der Waals surface area contributed by atoms with Crippen LogP contribution in [0.1, 0.15) is 22.2 Å². The summed E-state index contributed by atoms with van der Waals surface area (Å²) in [7, 11) is 1.66. The highest BCUT2D eigenvalue weighted by molar-refractivity contribution is 5.98. The molecule has 2 aliphatic heterocycles. The summed E-state index contributed by atoms with van der Waals surface area (Å²) in [6.45, 7) is 5.57. The lowest BCUT2D eigenvalue weighted by Crippen LogP contribution is -2.55. The molecule has 156 valence electrons. The van der Waals surface area contributed by atoms with Crippen molar-refractivity contribution in [1.29, 1.82) is 0 Å². The van der Waals surface area contributed by atoms with E-state index >= 15 is 0 Å². The summed E-state index contributed by atoms with van der Waals surface area (Å²) in [5, 5.41) is 0. The number of ketones is 1. The van der Waals surface area contributed by atoms with Crippen LogP contribution in [0.3, 0.4) is 0 Å².